The molecule has 1 saturated heterocycles. The molecular weight excluding hydrogens is 488 g/mol. The van der Waals surface area contributed by atoms with Crippen LogP contribution in [0.1, 0.15) is 33.1 Å². The van der Waals surface area contributed by atoms with Crippen LogP contribution in [0, 0.1) is 5.41 Å². The largest absolute Gasteiger partial charge is 0.368 e. The van der Waals surface area contributed by atoms with Crippen molar-refractivity contribution in [1.82, 2.24) is 29.7 Å². The maximum Gasteiger partial charge on any atom is 0.249 e. The van der Waals surface area contributed by atoms with Crippen molar-refractivity contribution >= 4 is 23.4 Å². The van der Waals surface area contributed by atoms with E-state index in [0.29, 0.717) is 18.3 Å². The van der Waals surface area contributed by atoms with Crippen LogP contribution in [0.3, 0.4) is 0 Å². The van der Waals surface area contributed by atoms with E-state index in [9.17, 15) is 8.78 Å². The number of alkyl halides is 2. The first-order valence-electron chi connectivity index (χ1n) is 12.7. The second kappa shape index (κ2) is 9.96. The number of hydrogen-bond acceptors (Lipinski definition) is 8. The Morgan fingerprint density at radius 1 is 0.947 bits per heavy atom. The number of aryl methyl sites for hydroxylation is 1. The highest BCUT2D eigenvalue weighted by molar-refractivity contribution is 5.66. The molecule has 1 aliphatic heterocycles. The highest BCUT2D eigenvalue weighted by Crippen LogP contribution is 2.56. The van der Waals surface area contributed by atoms with Gasteiger partial charge in [-0.15, -0.1) is 5.10 Å². The van der Waals surface area contributed by atoms with Gasteiger partial charge in [0.25, 0.3) is 0 Å². The Hall–Kier alpha value is -4.15. The predicted molar refractivity (Wildman–Crippen MR) is 144 cm³/mol. The maximum atomic E-state index is 13.4. The van der Waals surface area contributed by atoms with Crippen LogP contribution in [0.2, 0.25) is 0 Å². The highest BCUT2D eigenvalue weighted by Gasteiger charge is 2.58. The Morgan fingerprint density at radius 3 is 2.34 bits per heavy atom. The van der Waals surface area contributed by atoms with Crippen LogP contribution in [-0.4, -0.2) is 48.7 Å². The van der Waals surface area contributed by atoms with Gasteiger partial charge >= 0.3 is 0 Å². The average Bonchev–Trinajstić information content (AvgIpc) is 3.49. The number of nitrogen functional groups attached to an aromatic ring is 1. The predicted octanol–water partition coefficient (Wildman–Crippen LogP) is 5.31. The summed E-state index contributed by atoms with van der Waals surface area (Å²) >= 11 is 0. The Kier molecular flexibility index (Phi) is 6.68. The quantitative estimate of drug-likeness (QED) is 0.365. The van der Waals surface area contributed by atoms with Gasteiger partial charge in [0.1, 0.15) is 5.82 Å². The highest BCUT2D eigenvalue weighted by atomic mass is 19.3. The summed E-state index contributed by atoms with van der Waals surface area (Å²) in [6.07, 6.45) is 4.12. The number of pyridine rings is 1. The van der Waals surface area contributed by atoms with Gasteiger partial charge in [-0.2, -0.15) is 4.98 Å². The molecule has 3 N–H and O–H groups in total. The van der Waals surface area contributed by atoms with Crippen molar-refractivity contribution in [3.05, 3.63) is 54.9 Å². The van der Waals surface area contributed by atoms with E-state index in [2.05, 4.69) is 35.3 Å². The normalized spacial score (nSPS) is 17.0. The number of anilines is 4. The van der Waals surface area contributed by atoms with Crippen molar-refractivity contribution < 1.29 is 8.78 Å². The van der Waals surface area contributed by atoms with E-state index in [4.69, 9.17) is 5.73 Å². The summed E-state index contributed by atoms with van der Waals surface area (Å²) < 4.78 is 28.5. The SMILES string of the molecule is CC.Cn1nc(-c2ccc(N3CCC4(C3)CC(F)(F)C4)nc2)nc1Nc1ccc(-c2ccnc(N)n2)cc1. The van der Waals surface area contributed by atoms with Crippen molar-refractivity contribution in [3.63, 3.8) is 0 Å². The van der Waals surface area contributed by atoms with Crippen LogP contribution in [0.15, 0.2) is 54.9 Å². The number of halogens is 2. The summed E-state index contributed by atoms with van der Waals surface area (Å²) in [6, 6.07) is 13.4. The maximum absolute atomic E-state index is 13.4. The fourth-order valence-electron chi connectivity index (χ4n) is 5.17. The standard InChI is InChI=1S/C25H25F2N9.C2H6/c1-35-23(31-18-5-2-16(3-6-18)19-8-10-29-22(28)32-19)33-21(34-35)17-4-7-20(30-12-17)36-11-9-24(15-36)13-25(26,27)14-24;1-2/h2-8,10,12H,9,11,13-15H2,1H3,(H2,28,29,32)(H,31,33,34);1-2H3. The molecular formula is C27H31F2N9. The van der Waals surface area contributed by atoms with Crippen LogP contribution < -0.4 is 16.0 Å². The molecule has 1 spiro atoms. The van der Waals surface area contributed by atoms with Crippen molar-refractivity contribution in [2.45, 2.75) is 39.0 Å². The minimum Gasteiger partial charge on any atom is -0.368 e. The topological polar surface area (TPSA) is 111 Å². The van der Waals surface area contributed by atoms with E-state index >= 15 is 0 Å². The summed E-state index contributed by atoms with van der Waals surface area (Å²) in [5.41, 5.74) is 8.73. The second-order valence-electron chi connectivity index (χ2n) is 9.67. The molecule has 0 amide bonds. The van der Waals surface area contributed by atoms with Gasteiger partial charge in [0.2, 0.25) is 17.8 Å². The van der Waals surface area contributed by atoms with Gasteiger partial charge in [-0.05, 0) is 36.8 Å². The lowest BCUT2D eigenvalue weighted by atomic mass is 9.65. The average molecular weight is 520 g/mol. The Labute approximate surface area is 220 Å². The number of benzene rings is 1. The summed E-state index contributed by atoms with van der Waals surface area (Å²) in [5, 5.41) is 7.79. The lowest BCUT2D eigenvalue weighted by molar-refractivity contribution is -0.152. The summed E-state index contributed by atoms with van der Waals surface area (Å²) in [6.45, 7) is 5.38. The van der Waals surface area contributed by atoms with Crippen LogP contribution >= 0.6 is 0 Å². The smallest absolute Gasteiger partial charge is 0.249 e. The number of rotatable bonds is 5. The molecule has 9 nitrogen and oxygen atoms in total. The lowest BCUT2D eigenvalue weighted by Crippen LogP contribution is -2.47. The first-order chi connectivity index (χ1) is 18.3. The van der Waals surface area contributed by atoms with Crippen LogP contribution in [-0.2, 0) is 7.05 Å². The van der Waals surface area contributed by atoms with Crippen molar-refractivity contribution in [3.8, 4) is 22.6 Å². The molecule has 6 rings (SSSR count). The molecule has 0 bridgehead atoms. The van der Waals surface area contributed by atoms with Gasteiger partial charge in [-0.1, -0.05) is 26.0 Å². The summed E-state index contributed by atoms with van der Waals surface area (Å²) in [5.74, 6) is -0.345. The number of nitrogens with one attached hydrogen (secondary N) is 1. The molecule has 1 aliphatic carbocycles. The minimum absolute atomic E-state index is 0.0137. The molecule has 11 heteroatoms. The molecule has 0 atom stereocenters. The van der Waals surface area contributed by atoms with Crippen LogP contribution in [0.5, 0.6) is 0 Å². The van der Waals surface area contributed by atoms with E-state index in [-0.39, 0.29) is 24.2 Å². The molecule has 0 radical (unpaired) electrons. The van der Waals surface area contributed by atoms with Crippen LogP contribution in [0.4, 0.5) is 32.2 Å². The molecule has 4 aromatic rings. The Morgan fingerprint density at radius 2 is 1.68 bits per heavy atom. The monoisotopic (exact) mass is 519 g/mol. The van der Waals surface area contributed by atoms with Crippen molar-refractivity contribution in [1.29, 1.82) is 0 Å². The minimum atomic E-state index is -2.50. The van der Waals surface area contributed by atoms with Gasteiger partial charge in [0, 0.05) is 67.6 Å². The van der Waals surface area contributed by atoms with E-state index < -0.39 is 5.92 Å². The molecule has 0 unspecified atom stereocenters. The Balaban J connectivity index is 0.00000144. The summed E-state index contributed by atoms with van der Waals surface area (Å²) in [4.78, 5) is 19.5. The van der Waals surface area contributed by atoms with Gasteiger partial charge in [0.05, 0.1) is 5.69 Å². The molecule has 2 aliphatic rings. The van der Waals surface area contributed by atoms with E-state index in [1.54, 1.807) is 23.1 Å². The number of nitrogens with two attached hydrogens (primary N) is 1. The first-order valence-corrected chi connectivity index (χ1v) is 12.7. The van der Waals surface area contributed by atoms with Gasteiger partial charge in [0.15, 0.2) is 5.82 Å². The first kappa shape index (κ1) is 25.5. The van der Waals surface area contributed by atoms with Gasteiger partial charge < -0.3 is 16.0 Å². The van der Waals surface area contributed by atoms with Crippen molar-refractivity contribution in [2.24, 2.45) is 12.5 Å². The fraction of sp³-hybridized carbons (Fsp3) is 0.370. The zero-order valence-electron chi connectivity index (χ0n) is 21.7. The van der Waals surface area contributed by atoms with Gasteiger partial charge in [-0.3, -0.25) is 0 Å². The number of aromatic nitrogens is 6. The molecule has 1 aromatic carbocycles. The molecule has 2 fully saturated rings. The third-order valence-corrected chi connectivity index (χ3v) is 6.91. The molecule has 1 saturated carbocycles. The number of nitrogens with zero attached hydrogens (tertiary/aromatic N) is 7. The van der Waals surface area contributed by atoms with Crippen LogP contribution in [0.25, 0.3) is 22.6 Å². The molecule has 4 heterocycles. The number of hydrogen-bond donors (Lipinski definition) is 2. The van der Waals surface area contributed by atoms with E-state index in [0.717, 1.165) is 41.3 Å². The third-order valence-electron chi connectivity index (χ3n) is 6.91. The van der Waals surface area contributed by atoms with E-state index in [1.165, 1.54) is 0 Å². The van der Waals surface area contributed by atoms with E-state index in [1.807, 2.05) is 57.3 Å². The Bertz CT molecular complexity index is 1390. The molecule has 3 aromatic heterocycles. The molecule has 38 heavy (non-hydrogen) atoms. The van der Waals surface area contributed by atoms with Gasteiger partial charge in [-0.25, -0.2) is 28.4 Å². The lowest BCUT2D eigenvalue weighted by Gasteiger charge is -2.44. The fourth-order valence-corrected chi connectivity index (χ4v) is 5.17. The second-order valence-corrected chi connectivity index (χ2v) is 9.67. The zero-order valence-corrected chi connectivity index (χ0v) is 21.7. The molecule has 198 valence electrons. The third kappa shape index (κ3) is 5.13. The zero-order chi connectivity index (χ0) is 26.9. The van der Waals surface area contributed by atoms with Crippen molar-refractivity contribution in [2.75, 3.05) is 29.0 Å². The summed E-state index contributed by atoms with van der Waals surface area (Å²) in [7, 11) is 1.82.